The molecule has 90 valence electrons. The van der Waals surface area contributed by atoms with Crippen LogP contribution in [0.4, 0.5) is 4.39 Å². The third-order valence-corrected chi connectivity index (χ3v) is 3.50. The first-order valence-corrected chi connectivity index (χ1v) is 6.04. The highest BCUT2D eigenvalue weighted by Gasteiger charge is 2.21. The van der Waals surface area contributed by atoms with Gasteiger partial charge < -0.3 is 5.32 Å². The highest BCUT2D eigenvalue weighted by atomic mass is 19.1. The van der Waals surface area contributed by atoms with Gasteiger partial charge in [0.05, 0.1) is 0 Å². The van der Waals surface area contributed by atoms with E-state index in [1.807, 2.05) is 12.1 Å². The number of benzene rings is 1. The summed E-state index contributed by atoms with van der Waals surface area (Å²) in [4.78, 5) is 0. The minimum absolute atomic E-state index is 0.161. The van der Waals surface area contributed by atoms with Crippen LogP contribution in [0.5, 0.6) is 0 Å². The van der Waals surface area contributed by atoms with Gasteiger partial charge in [-0.2, -0.15) is 0 Å². The van der Waals surface area contributed by atoms with Gasteiger partial charge in [0.1, 0.15) is 5.82 Å². The topological polar surface area (TPSA) is 12.0 Å². The minimum atomic E-state index is -0.176. The van der Waals surface area contributed by atoms with Crippen LogP contribution in [-0.2, 0) is 0 Å². The van der Waals surface area contributed by atoms with Crippen molar-refractivity contribution in [1.29, 1.82) is 0 Å². The van der Waals surface area contributed by atoms with Crippen molar-refractivity contribution in [3.8, 4) is 0 Å². The lowest BCUT2D eigenvalue weighted by Crippen LogP contribution is -2.42. The van der Waals surface area contributed by atoms with Gasteiger partial charge in [-0.25, -0.2) is 4.39 Å². The Balaban J connectivity index is 2.71. The molecule has 0 fully saturated rings. The lowest BCUT2D eigenvalue weighted by Gasteiger charge is -2.32. The first kappa shape index (κ1) is 13.2. The first-order chi connectivity index (χ1) is 7.50. The van der Waals surface area contributed by atoms with Crippen molar-refractivity contribution >= 4 is 0 Å². The Bertz CT molecular complexity index is 314. The summed E-state index contributed by atoms with van der Waals surface area (Å²) in [5, 5.41) is 3.61. The van der Waals surface area contributed by atoms with Crippen LogP contribution in [0.1, 0.15) is 52.1 Å². The fourth-order valence-electron chi connectivity index (χ4n) is 1.81. The van der Waals surface area contributed by atoms with Gasteiger partial charge in [0.2, 0.25) is 0 Å². The maximum absolute atomic E-state index is 12.8. The molecule has 2 heteroatoms. The largest absolute Gasteiger partial charge is 0.305 e. The Labute approximate surface area is 98.1 Å². The predicted octanol–water partition coefficient (Wildman–Crippen LogP) is 4.06. The molecule has 0 heterocycles. The average molecular weight is 223 g/mol. The van der Waals surface area contributed by atoms with Crippen LogP contribution in [0.25, 0.3) is 0 Å². The zero-order valence-corrected chi connectivity index (χ0v) is 10.7. The molecule has 0 aliphatic rings. The third kappa shape index (κ3) is 3.31. The van der Waals surface area contributed by atoms with E-state index >= 15 is 0 Å². The Hall–Kier alpha value is -0.890. The van der Waals surface area contributed by atoms with E-state index < -0.39 is 0 Å². The molecule has 1 aromatic rings. The molecule has 0 saturated carbocycles. The highest BCUT2D eigenvalue weighted by molar-refractivity contribution is 5.19. The molecule has 16 heavy (non-hydrogen) atoms. The van der Waals surface area contributed by atoms with Gasteiger partial charge in [-0.3, -0.25) is 0 Å². The van der Waals surface area contributed by atoms with Crippen LogP contribution in [0.3, 0.4) is 0 Å². The molecule has 1 aromatic carbocycles. The second-order valence-corrected chi connectivity index (χ2v) is 4.69. The number of halogens is 1. The Morgan fingerprint density at radius 2 is 1.69 bits per heavy atom. The quantitative estimate of drug-likeness (QED) is 0.794. The summed E-state index contributed by atoms with van der Waals surface area (Å²) in [6.45, 7) is 8.73. The van der Waals surface area contributed by atoms with Gasteiger partial charge in [-0.1, -0.05) is 26.0 Å². The molecule has 1 rings (SSSR count). The molecular weight excluding hydrogens is 201 g/mol. The molecule has 0 saturated heterocycles. The molecule has 0 amide bonds. The average Bonchev–Trinajstić information content (AvgIpc) is 2.29. The van der Waals surface area contributed by atoms with E-state index in [9.17, 15) is 4.39 Å². The van der Waals surface area contributed by atoms with Gasteiger partial charge in [-0.05, 0) is 44.4 Å². The van der Waals surface area contributed by atoms with Crippen molar-refractivity contribution < 1.29 is 4.39 Å². The summed E-state index contributed by atoms with van der Waals surface area (Å²) in [6.07, 6.45) is 2.18. The molecule has 0 aliphatic heterocycles. The molecule has 0 spiro atoms. The number of rotatable bonds is 5. The molecule has 0 aromatic heterocycles. The molecule has 0 radical (unpaired) electrons. The van der Waals surface area contributed by atoms with Crippen molar-refractivity contribution in [1.82, 2.24) is 5.32 Å². The fraction of sp³-hybridized carbons (Fsp3) is 0.571. The van der Waals surface area contributed by atoms with Gasteiger partial charge in [0.25, 0.3) is 0 Å². The first-order valence-electron chi connectivity index (χ1n) is 6.04. The zero-order valence-electron chi connectivity index (χ0n) is 10.7. The fourth-order valence-corrected chi connectivity index (χ4v) is 1.81. The summed E-state index contributed by atoms with van der Waals surface area (Å²) < 4.78 is 12.8. The summed E-state index contributed by atoms with van der Waals surface area (Å²) in [5.74, 6) is -0.176. The smallest absolute Gasteiger partial charge is 0.123 e. The van der Waals surface area contributed by atoms with Gasteiger partial charge in [0, 0.05) is 11.6 Å². The van der Waals surface area contributed by atoms with E-state index in [2.05, 4.69) is 33.0 Å². The molecule has 0 aliphatic carbocycles. The maximum Gasteiger partial charge on any atom is 0.123 e. The third-order valence-electron chi connectivity index (χ3n) is 3.50. The normalized spacial score (nSPS) is 13.8. The van der Waals surface area contributed by atoms with E-state index in [0.717, 1.165) is 18.4 Å². The van der Waals surface area contributed by atoms with Crippen LogP contribution >= 0.6 is 0 Å². The van der Waals surface area contributed by atoms with Crippen LogP contribution in [0.2, 0.25) is 0 Å². The van der Waals surface area contributed by atoms with Gasteiger partial charge >= 0.3 is 0 Å². The molecule has 1 atom stereocenters. The standard InChI is InChI=1S/C14H22FN/c1-5-14(4,6-2)16-11(3)12-7-9-13(15)10-8-12/h7-11,16H,5-6H2,1-4H3. The van der Waals surface area contributed by atoms with Crippen molar-refractivity contribution in [2.24, 2.45) is 0 Å². The molecule has 1 N–H and O–H groups in total. The van der Waals surface area contributed by atoms with E-state index in [4.69, 9.17) is 0 Å². The number of hydrogen-bond acceptors (Lipinski definition) is 1. The van der Waals surface area contributed by atoms with Crippen molar-refractivity contribution in [2.45, 2.75) is 52.1 Å². The lowest BCUT2D eigenvalue weighted by atomic mass is 9.93. The van der Waals surface area contributed by atoms with Crippen LogP contribution in [-0.4, -0.2) is 5.54 Å². The summed E-state index contributed by atoms with van der Waals surface area (Å²) in [7, 11) is 0. The Morgan fingerprint density at radius 1 is 1.19 bits per heavy atom. The second-order valence-electron chi connectivity index (χ2n) is 4.69. The lowest BCUT2D eigenvalue weighted by molar-refractivity contribution is 0.299. The summed E-state index contributed by atoms with van der Waals surface area (Å²) in [5.41, 5.74) is 1.29. The highest BCUT2D eigenvalue weighted by Crippen LogP contribution is 2.21. The predicted molar refractivity (Wildman–Crippen MR) is 66.9 cm³/mol. The molecular formula is C14H22FN. The van der Waals surface area contributed by atoms with Crippen molar-refractivity contribution in [3.05, 3.63) is 35.6 Å². The van der Waals surface area contributed by atoms with Gasteiger partial charge in [-0.15, -0.1) is 0 Å². The summed E-state index contributed by atoms with van der Waals surface area (Å²) >= 11 is 0. The van der Waals surface area contributed by atoms with Crippen LogP contribution in [0.15, 0.2) is 24.3 Å². The molecule has 1 unspecified atom stereocenters. The van der Waals surface area contributed by atoms with Crippen molar-refractivity contribution in [2.75, 3.05) is 0 Å². The summed E-state index contributed by atoms with van der Waals surface area (Å²) in [6, 6.07) is 6.98. The molecule has 0 bridgehead atoms. The van der Waals surface area contributed by atoms with E-state index in [-0.39, 0.29) is 17.4 Å². The Morgan fingerprint density at radius 3 is 2.12 bits per heavy atom. The number of nitrogens with one attached hydrogen (secondary N) is 1. The number of hydrogen-bond donors (Lipinski definition) is 1. The van der Waals surface area contributed by atoms with E-state index in [1.54, 1.807) is 0 Å². The zero-order chi connectivity index (χ0) is 12.2. The van der Waals surface area contributed by atoms with Crippen molar-refractivity contribution in [3.63, 3.8) is 0 Å². The maximum atomic E-state index is 12.8. The monoisotopic (exact) mass is 223 g/mol. The molecule has 1 nitrogen and oxygen atoms in total. The minimum Gasteiger partial charge on any atom is -0.305 e. The SMILES string of the molecule is CCC(C)(CC)NC(C)c1ccc(F)cc1. The van der Waals surface area contributed by atoms with E-state index in [1.165, 1.54) is 12.1 Å². The Kier molecular flexibility index (Phi) is 4.48. The van der Waals surface area contributed by atoms with E-state index in [0.29, 0.717) is 0 Å². The van der Waals surface area contributed by atoms with Crippen LogP contribution < -0.4 is 5.32 Å². The van der Waals surface area contributed by atoms with Crippen LogP contribution in [0, 0.1) is 5.82 Å². The van der Waals surface area contributed by atoms with Gasteiger partial charge in [0.15, 0.2) is 0 Å². The second kappa shape index (κ2) is 5.44.